The molecule has 1 saturated carbocycles. The number of amides is 2. The Bertz CT molecular complexity index is 914. The number of nitrogens with zero attached hydrogens (tertiary/aromatic N) is 3. The van der Waals surface area contributed by atoms with E-state index in [-0.39, 0.29) is 35.5 Å². The van der Waals surface area contributed by atoms with Gasteiger partial charge < -0.3 is 0 Å². The van der Waals surface area contributed by atoms with Crippen LogP contribution in [0.4, 0.5) is 5.69 Å². The number of fused-ring (bicyclic) bond motifs is 5. The fourth-order valence-corrected chi connectivity index (χ4v) is 5.04. The van der Waals surface area contributed by atoms with Crippen molar-refractivity contribution < 1.29 is 9.59 Å². The molecule has 0 radical (unpaired) electrons. The number of aromatic nitrogens is 2. The van der Waals surface area contributed by atoms with E-state index in [1.54, 1.807) is 0 Å². The largest absolute Gasteiger partial charge is 0.274 e. The molecule has 1 aliphatic heterocycles. The van der Waals surface area contributed by atoms with E-state index in [0.717, 1.165) is 23.4 Å². The van der Waals surface area contributed by atoms with E-state index in [4.69, 9.17) is 0 Å². The Balaban J connectivity index is 1.51. The topological polar surface area (TPSA) is 55.2 Å². The maximum absolute atomic E-state index is 13.1. The molecule has 2 fully saturated rings. The van der Waals surface area contributed by atoms with E-state index in [1.807, 2.05) is 36.7 Å². The lowest BCUT2D eigenvalue weighted by molar-refractivity contribution is -0.123. The van der Waals surface area contributed by atoms with Gasteiger partial charge in [0.1, 0.15) is 0 Å². The van der Waals surface area contributed by atoms with Crippen molar-refractivity contribution in [3.05, 3.63) is 59.4 Å². The molecule has 2 aliphatic carbocycles. The normalized spacial score (nSPS) is 29.1. The fraction of sp³-hybridized carbons (Fsp3) is 0.381. The summed E-state index contributed by atoms with van der Waals surface area (Å²) in [6.45, 7) is 4.45. The molecule has 2 amide bonds. The number of carbonyl (C=O) groups is 2. The van der Waals surface area contributed by atoms with Crippen molar-refractivity contribution in [3.8, 4) is 0 Å². The molecular weight excluding hydrogens is 326 g/mol. The van der Waals surface area contributed by atoms with Gasteiger partial charge in [-0.1, -0.05) is 42.5 Å². The first-order chi connectivity index (χ1) is 12.6. The zero-order chi connectivity index (χ0) is 18.0. The molecule has 1 aromatic heterocycles. The lowest BCUT2D eigenvalue weighted by Gasteiger charge is -2.17. The van der Waals surface area contributed by atoms with E-state index in [0.29, 0.717) is 12.2 Å². The Hall–Kier alpha value is -2.69. The summed E-state index contributed by atoms with van der Waals surface area (Å²) in [6.07, 6.45) is 5.20. The summed E-state index contributed by atoms with van der Waals surface area (Å²) < 4.78 is 1.89. The maximum Gasteiger partial charge on any atom is 0.238 e. The molecule has 0 unspecified atom stereocenters. The van der Waals surface area contributed by atoms with Crippen LogP contribution in [-0.2, 0) is 16.1 Å². The van der Waals surface area contributed by atoms with Crippen LogP contribution in [0.5, 0.6) is 0 Å². The van der Waals surface area contributed by atoms with Gasteiger partial charge in [-0.15, -0.1) is 0 Å². The van der Waals surface area contributed by atoms with Crippen molar-refractivity contribution in [2.24, 2.45) is 23.7 Å². The molecule has 4 atom stereocenters. The number of hydrogen-bond acceptors (Lipinski definition) is 3. The predicted octanol–water partition coefficient (Wildman–Crippen LogP) is 2.86. The average molecular weight is 347 g/mol. The van der Waals surface area contributed by atoms with Crippen molar-refractivity contribution in [2.45, 2.75) is 26.8 Å². The number of benzene rings is 1. The Morgan fingerprint density at radius 3 is 2.23 bits per heavy atom. The Kier molecular flexibility index (Phi) is 3.23. The van der Waals surface area contributed by atoms with Gasteiger partial charge in [0.05, 0.1) is 35.5 Å². The smallest absolute Gasteiger partial charge is 0.238 e. The molecule has 1 saturated heterocycles. The number of rotatable bonds is 3. The summed E-state index contributed by atoms with van der Waals surface area (Å²) in [5.41, 5.74) is 3.43. The average Bonchev–Trinajstić information content (AvgIpc) is 3.36. The predicted molar refractivity (Wildman–Crippen MR) is 97.5 cm³/mol. The third-order valence-corrected chi connectivity index (χ3v) is 6.21. The minimum atomic E-state index is -0.172. The highest BCUT2D eigenvalue weighted by Crippen LogP contribution is 2.53. The van der Waals surface area contributed by atoms with E-state index >= 15 is 0 Å². The highest BCUT2D eigenvalue weighted by atomic mass is 16.2. The van der Waals surface area contributed by atoms with Gasteiger partial charge >= 0.3 is 0 Å². The van der Waals surface area contributed by atoms with Crippen LogP contribution in [0.15, 0.2) is 42.5 Å². The minimum Gasteiger partial charge on any atom is -0.274 e. The summed E-state index contributed by atoms with van der Waals surface area (Å²) in [7, 11) is 0. The van der Waals surface area contributed by atoms with Crippen LogP contribution in [0.3, 0.4) is 0 Å². The maximum atomic E-state index is 13.1. The van der Waals surface area contributed by atoms with Crippen LogP contribution in [0.25, 0.3) is 0 Å². The second-order valence-corrected chi connectivity index (χ2v) is 7.67. The van der Waals surface area contributed by atoms with Gasteiger partial charge in [-0.25, -0.2) is 4.90 Å². The number of imide groups is 1. The van der Waals surface area contributed by atoms with Crippen molar-refractivity contribution in [2.75, 3.05) is 4.90 Å². The highest BCUT2D eigenvalue weighted by Gasteiger charge is 2.60. The number of allylic oxidation sites excluding steroid dienone is 2. The van der Waals surface area contributed by atoms with Gasteiger partial charge in [-0.2, -0.15) is 5.10 Å². The van der Waals surface area contributed by atoms with Gasteiger partial charge in [0.2, 0.25) is 11.8 Å². The third-order valence-electron chi connectivity index (χ3n) is 6.21. The van der Waals surface area contributed by atoms with Crippen LogP contribution in [0, 0.1) is 37.5 Å². The minimum absolute atomic E-state index is 0.0395. The van der Waals surface area contributed by atoms with E-state index in [9.17, 15) is 9.59 Å². The van der Waals surface area contributed by atoms with E-state index in [2.05, 4.69) is 29.4 Å². The number of anilines is 1. The Morgan fingerprint density at radius 1 is 1.00 bits per heavy atom. The van der Waals surface area contributed by atoms with Crippen molar-refractivity contribution in [1.29, 1.82) is 0 Å². The molecule has 5 nitrogen and oxygen atoms in total. The zero-order valence-electron chi connectivity index (χ0n) is 14.9. The monoisotopic (exact) mass is 347 g/mol. The van der Waals surface area contributed by atoms with Gasteiger partial charge in [0.15, 0.2) is 0 Å². The van der Waals surface area contributed by atoms with Crippen molar-refractivity contribution in [1.82, 2.24) is 9.78 Å². The fourth-order valence-electron chi connectivity index (χ4n) is 5.04. The van der Waals surface area contributed by atoms with E-state index in [1.165, 1.54) is 4.90 Å². The molecule has 2 bridgehead atoms. The van der Waals surface area contributed by atoms with Crippen LogP contribution in [0.2, 0.25) is 0 Å². The molecule has 2 heterocycles. The Labute approximate surface area is 152 Å². The molecule has 0 spiro atoms. The van der Waals surface area contributed by atoms with Crippen molar-refractivity contribution >= 4 is 17.5 Å². The number of carbonyl (C=O) groups excluding carboxylic acids is 2. The van der Waals surface area contributed by atoms with Crippen LogP contribution in [-0.4, -0.2) is 21.6 Å². The zero-order valence-corrected chi connectivity index (χ0v) is 14.9. The van der Waals surface area contributed by atoms with Gasteiger partial charge in [0, 0.05) is 0 Å². The van der Waals surface area contributed by atoms with Gasteiger partial charge in [0.25, 0.3) is 0 Å². The van der Waals surface area contributed by atoms with Crippen molar-refractivity contribution in [3.63, 3.8) is 0 Å². The Morgan fingerprint density at radius 2 is 1.62 bits per heavy atom. The standard InChI is InChI=1S/C21H21N3O2/c1-12-19(13(2)23(22-12)11-14-6-4-3-5-7-14)24-20(25)17-15-8-9-16(10-15)18(17)21(24)26/h3-9,15-18H,10-11H2,1-2H3/t15-,16+,17-,18+. The molecule has 26 heavy (non-hydrogen) atoms. The summed E-state index contributed by atoms with van der Waals surface area (Å²) in [5.74, 6) is 0.0324. The lowest BCUT2D eigenvalue weighted by Crippen LogP contribution is -2.33. The molecule has 132 valence electrons. The van der Waals surface area contributed by atoms with Gasteiger partial charge in [-0.3, -0.25) is 14.3 Å². The van der Waals surface area contributed by atoms with Crippen LogP contribution in [0.1, 0.15) is 23.4 Å². The molecular formula is C21H21N3O2. The van der Waals surface area contributed by atoms with Crippen LogP contribution >= 0.6 is 0 Å². The molecule has 1 aromatic carbocycles. The molecule has 2 aromatic rings. The summed E-state index contributed by atoms with van der Waals surface area (Å²) in [5, 5.41) is 4.62. The molecule has 5 heteroatoms. The summed E-state index contributed by atoms with van der Waals surface area (Å²) in [6, 6.07) is 10.1. The second-order valence-electron chi connectivity index (χ2n) is 7.67. The van der Waals surface area contributed by atoms with Crippen LogP contribution < -0.4 is 4.90 Å². The third kappa shape index (κ3) is 2.00. The first kappa shape index (κ1) is 15.6. The summed E-state index contributed by atoms with van der Waals surface area (Å²) in [4.78, 5) is 27.6. The van der Waals surface area contributed by atoms with E-state index < -0.39 is 0 Å². The second kappa shape index (κ2) is 5.40. The first-order valence-electron chi connectivity index (χ1n) is 9.20. The molecule has 0 N–H and O–H groups in total. The molecule has 3 aliphatic rings. The number of hydrogen-bond donors (Lipinski definition) is 0. The quantitative estimate of drug-likeness (QED) is 0.634. The summed E-state index contributed by atoms with van der Waals surface area (Å²) >= 11 is 0. The SMILES string of the molecule is Cc1nn(Cc2ccccc2)c(C)c1N1C(=O)[C@@H]2[C@H](C1=O)[C@@H]1C=C[C@H]2C1. The first-order valence-corrected chi connectivity index (χ1v) is 9.20. The highest BCUT2D eigenvalue weighted by molar-refractivity contribution is 6.23. The number of aryl methyl sites for hydroxylation is 1. The lowest BCUT2D eigenvalue weighted by atomic mass is 9.85. The molecule has 5 rings (SSSR count). The van der Waals surface area contributed by atoms with Gasteiger partial charge in [-0.05, 0) is 37.7 Å².